The molecule has 1 amide bonds. The fourth-order valence-corrected chi connectivity index (χ4v) is 5.97. The maximum atomic E-state index is 13.4. The SMILES string of the molecule is Cc1cccc(C)c1CC(=O)C[N+]1(Cc2ccccc2)CCCC(C(=O)N2CCCCC2)C1.[Y]. The molecule has 2 atom stereocenters. The summed E-state index contributed by atoms with van der Waals surface area (Å²) in [5.41, 5.74) is 4.80. The summed E-state index contributed by atoms with van der Waals surface area (Å²) in [6.45, 7) is 9.07. The minimum atomic E-state index is 0. The van der Waals surface area contributed by atoms with Crippen molar-refractivity contribution in [2.24, 2.45) is 5.92 Å². The Bertz CT molecular complexity index is 951. The molecule has 0 aliphatic carbocycles. The van der Waals surface area contributed by atoms with Crippen molar-refractivity contribution in [1.82, 2.24) is 4.90 Å². The van der Waals surface area contributed by atoms with Gasteiger partial charge in [-0.3, -0.25) is 9.59 Å². The molecule has 2 aliphatic heterocycles. The first kappa shape index (κ1) is 27.2. The van der Waals surface area contributed by atoms with Gasteiger partial charge in [-0.25, -0.2) is 0 Å². The van der Waals surface area contributed by atoms with Crippen LogP contribution in [-0.4, -0.2) is 53.8 Å². The standard InChI is InChI=1S/C29H39N2O2.Y/c1-23-11-9-12-24(2)28(23)19-27(32)22-31(20-25-13-5-3-6-14-25)18-10-15-26(21-31)29(33)30-16-7-4-8-17-30;/h3,5-6,9,11-14,26H,4,7-8,10,15-22H2,1-2H3;/q+1;. The average Bonchev–Trinajstić information content (AvgIpc) is 2.82. The molecule has 179 valence electrons. The van der Waals surface area contributed by atoms with Gasteiger partial charge in [-0.15, -0.1) is 0 Å². The number of nitrogens with zero attached hydrogens (tertiary/aromatic N) is 2. The van der Waals surface area contributed by atoms with Gasteiger partial charge in [-0.05, 0) is 62.6 Å². The summed E-state index contributed by atoms with van der Waals surface area (Å²) in [6.07, 6.45) is 5.92. The monoisotopic (exact) mass is 536 g/mol. The molecule has 0 aromatic heterocycles. The van der Waals surface area contributed by atoms with Gasteiger partial charge in [0.25, 0.3) is 0 Å². The van der Waals surface area contributed by atoms with E-state index in [4.69, 9.17) is 0 Å². The topological polar surface area (TPSA) is 37.4 Å². The molecule has 5 heteroatoms. The van der Waals surface area contributed by atoms with Gasteiger partial charge in [0, 0.05) is 57.8 Å². The molecule has 2 aromatic rings. The van der Waals surface area contributed by atoms with Gasteiger partial charge in [0.2, 0.25) is 5.91 Å². The number of ketones is 1. The number of carbonyl (C=O) groups excluding carboxylic acids is 2. The van der Waals surface area contributed by atoms with Crippen LogP contribution in [0.4, 0.5) is 0 Å². The van der Waals surface area contributed by atoms with Crippen LogP contribution < -0.4 is 0 Å². The number of hydrogen-bond acceptors (Lipinski definition) is 2. The Hall–Kier alpha value is -1.36. The van der Waals surface area contributed by atoms with Crippen LogP contribution in [0.3, 0.4) is 0 Å². The van der Waals surface area contributed by atoms with Crippen molar-refractivity contribution in [3.8, 4) is 0 Å². The van der Waals surface area contributed by atoms with E-state index in [0.717, 1.165) is 58.4 Å². The van der Waals surface area contributed by atoms with Gasteiger partial charge in [0.1, 0.15) is 13.1 Å². The Morgan fingerprint density at radius 1 is 0.912 bits per heavy atom. The third kappa shape index (κ3) is 6.86. The number of aryl methyl sites for hydroxylation is 2. The molecule has 0 bridgehead atoms. The first-order valence-electron chi connectivity index (χ1n) is 12.7. The normalized spacial score (nSPS) is 22.6. The van der Waals surface area contributed by atoms with Crippen molar-refractivity contribution in [3.63, 3.8) is 0 Å². The van der Waals surface area contributed by atoms with Crippen LogP contribution in [-0.2, 0) is 55.3 Å². The van der Waals surface area contributed by atoms with Gasteiger partial charge in [-0.1, -0.05) is 48.5 Å². The Balaban J connectivity index is 0.00000324. The second kappa shape index (κ2) is 12.6. The zero-order valence-electron chi connectivity index (χ0n) is 21.0. The summed E-state index contributed by atoms with van der Waals surface area (Å²) in [4.78, 5) is 28.9. The van der Waals surface area contributed by atoms with Crippen LogP contribution in [0, 0.1) is 19.8 Å². The third-order valence-corrected chi connectivity index (χ3v) is 7.70. The second-order valence-corrected chi connectivity index (χ2v) is 10.4. The predicted molar refractivity (Wildman–Crippen MR) is 133 cm³/mol. The van der Waals surface area contributed by atoms with Crippen molar-refractivity contribution in [2.45, 2.75) is 58.9 Å². The molecular weight excluding hydrogens is 497 g/mol. The van der Waals surface area contributed by atoms with Crippen molar-refractivity contribution in [3.05, 3.63) is 70.8 Å². The van der Waals surface area contributed by atoms with E-state index in [1.165, 1.54) is 28.7 Å². The van der Waals surface area contributed by atoms with Crippen molar-refractivity contribution in [1.29, 1.82) is 0 Å². The summed E-state index contributed by atoms with van der Waals surface area (Å²) in [6, 6.07) is 16.8. The van der Waals surface area contributed by atoms with Gasteiger partial charge < -0.3 is 9.38 Å². The van der Waals surface area contributed by atoms with Crippen LogP contribution in [0.2, 0.25) is 0 Å². The van der Waals surface area contributed by atoms with Crippen molar-refractivity contribution in [2.75, 3.05) is 32.7 Å². The number of carbonyl (C=O) groups is 2. The number of quaternary nitrogens is 1. The van der Waals surface area contributed by atoms with E-state index in [0.29, 0.717) is 23.4 Å². The number of likely N-dealkylation sites (tertiary alicyclic amines) is 2. The van der Waals surface area contributed by atoms with Gasteiger partial charge in [0.15, 0.2) is 5.78 Å². The molecule has 2 aromatic carbocycles. The summed E-state index contributed by atoms with van der Waals surface area (Å²) >= 11 is 0. The molecule has 0 N–H and O–H groups in total. The minimum absolute atomic E-state index is 0. The van der Waals surface area contributed by atoms with Crippen LogP contribution in [0.1, 0.15) is 54.4 Å². The minimum Gasteiger partial charge on any atom is -0.342 e. The van der Waals surface area contributed by atoms with E-state index in [-0.39, 0.29) is 44.4 Å². The molecule has 2 saturated heterocycles. The molecule has 2 heterocycles. The maximum Gasteiger partial charge on any atom is 0.231 e. The quantitative estimate of drug-likeness (QED) is 0.475. The van der Waals surface area contributed by atoms with E-state index in [1.807, 2.05) is 6.07 Å². The first-order chi connectivity index (χ1) is 16.0. The predicted octanol–water partition coefficient (Wildman–Crippen LogP) is 4.85. The molecular formula is C29H39N2O2Y+. The zero-order valence-corrected chi connectivity index (χ0v) is 23.8. The van der Waals surface area contributed by atoms with Gasteiger partial charge >= 0.3 is 0 Å². The largest absolute Gasteiger partial charge is 0.342 e. The Morgan fingerprint density at radius 2 is 1.59 bits per heavy atom. The molecule has 2 unspecified atom stereocenters. The number of benzene rings is 2. The molecule has 2 aliphatic rings. The zero-order chi connectivity index (χ0) is 23.3. The van der Waals surface area contributed by atoms with E-state index in [1.54, 1.807) is 0 Å². The molecule has 4 rings (SSSR count). The second-order valence-electron chi connectivity index (χ2n) is 10.4. The van der Waals surface area contributed by atoms with E-state index >= 15 is 0 Å². The van der Waals surface area contributed by atoms with E-state index in [9.17, 15) is 9.59 Å². The van der Waals surface area contributed by atoms with Crippen LogP contribution in [0.15, 0.2) is 48.5 Å². The average molecular weight is 537 g/mol. The van der Waals surface area contributed by atoms with Crippen LogP contribution in [0.5, 0.6) is 0 Å². The fraction of sp³-hybridized carbons (Fsp3) is 0.517. The van der Waals surface area contributed by atoms with E-state index < -0.39 is 0 Å². The van der Waals surface area contributed by atoms with Gasteiger partial charge in [-0.2, -0.15) is 0 Å². The van der Waals surface area contributed by atoms with Gasteiger partial charge in [0.05, 0.1) is 19.0 Å². The number of amides is 1. The summed E-state index contributed by atoms with van der Waals surface area (Å²) in [5, 5.41) is 0. The molecule has 34 heavy (non-hydrogen) atoms. The number of Topliss-reactive ketones (excluding diaryl/α,β-unsaturated/α-hetero) is 1. The number of rotatable bonds is 7. The summed E-state index contributed by atoms with van der Waals surface area (Å²) in [5.74, 6) is 0.648. The Morgan fingerprint density at radius 3 is 2.26 bits per heavy atom. The fourth-order valence-electron chi connectivity index (χ4n) is 5.97. The third-order valence-electron chi connectivity index (χ3n) is 7.70. The summed E-state index contributed by atoms with van der Waals surface area (Å²) < 4.78 is 0.706. The Kier molecular flexibility index (Phi) is 10.1. The van der Waals surface area contributed by atoms with Crippen LogP contribution >= 0.6 is 0 Å². The Labute approximate surface area is 230 Å². The summed E-state index contributed by atoms with van der Waals surface area (Å²) in [7, 11) is 0. The molecule has 0 saturated carbocycles. The molecule has 2 fully saturated rings. The molecule has 1 radical (unpaired) electrons. The van der Waals surface area contributed by atoms with Crippen LogP contribution in [0.25, 0.3) is 0 Å². The van der Waals surface area contributed by atoms with Crippen molar-refractivity contribution >= 4 is 11.7 Å². The first-order valence-corrected chi connectivity index (χ1v) is 12.7. The smallest absolute Gasteiger partial charge is 0.231 e. The van der Waals surface area contributed by atoms with E-state index in [2.05, 4.69) is 61.2 Å². The number of hydrogen-bond donors (Lipinski definition) is 0. The number of piperidine rings is 2. The maximum absolute atomic E-state index is 13.4. The van der Waals surface area contributed by atoms with Crippen molar-refractivity contribution < 1.29 is 46.8 Å². The molecule has 0 spiro atoms. The molecule has 4 nitrogen and oxygen atoms in total.